The molecule has 0 unspecified atom stereocenters. The van der Waals surface area contributed by atoms with Crippen molar-refractivity contribution in [1.82, 2.24) is 13.5 Å². The summed E-state index contributed by atoms with van der Waals surface area (Å²) in [5.74, 6) is 0. The number of para-hydroxylation sites is 4. The second kappa shape index (κ2) is 12.0. The molecule has 0 aliphatic rings. The highest BCUT2D eigenvalue weighted by molar-refractivity contribution is 6.22. The average molecular weight is 752 g/mol. The molecule has 274 valence electrons. The van der Waals surface area contributed by atoms with E-state index in [-0.39, 0.29) is 5.56 Å². The number of pyridine rings is 1. The van der Waals surface area contributed by atoms with Crippen molar-refractivity contribution in [2.45, 2.75) is 0 Å². The Hall–Kier alpha value is -7.95. The van der Waals surface area contributed by atoms with Crippen molar-refractivity contribution in [1.29, 1.82) is 0 Å². The summed E-state index contributed by atoms with van der Waals surface area (Å²) in [6.45, 7) is 0. The molecule has 9 aromatic carbocycles. The molecule has 59 heavy (non-hydrogen) atoms. The number of aromatic nitrogens is 3. The van der Waals surface area contributed by atoms with Crippen LogP contribution in [-0.4, -0.2) is 13.5 Å². The molecule has 0 atom stereocenters. The molecule has 0 saturated heterocycles. The Balaban J connectivity index is 0.974. The first kappa shape index (κ1) is 32.2. The number of hydrogen-bond acceptors (Lipinski definition) is 1. The summed E-state index contributed by atoms with van der Waals surface area (Å²) < 4.78 is 6.68. The highest BCUT2D eigenvalue weighted by Gasteiger charge is 2.20. The van der Waals surface area contributed by atoms with Crippen molar-refractivity contribution in [2.75, 3.05) is 0 Å². The summed E-state index contributed by atoms with van der Waals surface area (Å²) >= 11 is 0. The minimum absolute atomic E-state index is 0.0300. The van der Waals surface area contributed by atoms with Crippen LogP contribution in [-0.2, 0) is 0 Å². The number of hydrogen-bond donors (Lipinski definition) is 0. The summed E-state index contributed by atoms with van der Waals surface area (Å²) in [4.78, 5) is 13.9. The van der Waals surface area contributed by atoms with Crippen molar-refractivity contribution in [3.63, 3.8) is 0 Å². The van der Waals surface area contributed by atoms with Gasteiger partial charge in [-0.25, -0.2) is 0 Å². The van der Waals surface area contributed by atoms with Gasteiger partial charge in [-0.3, -0.25) is 9.20 Å². The summed E-state index contributed by atoms with van der Waals surface area (Å²) in [6.07, 6.45) is 0. The van der Waals surface area contributed by atoms with Crippen LogP contribution in [0.25, 0.3) is 115 Å². The molecule has 0 saturated carbocycles. The minimum atomic E-state index is 0.0300. The fraction of sp³-hybridized carbons (Fsp3) is 0. The number of benzene rings is 9. The molecule has 0 spiro atoms. The van der Waals surface area contributed by atoms with Crippen molar-refractivity contribution in [3.05, 3.63) is 211 Å². The lowest BCUT2D eigenvalue weighted by Gasteiger charge is -2.12. The largest absolute Gasteiger partial charge is 0.309 e. The maximum Gasteiger partial charge on any atom is 0.263 e. The van der Waals surface area contributed by atoms with E-state index >= 15 is 0 Å². The molecular formula is C55H33N3O. The lowest BCUT2D eigenvalue weighted by molar-refractivity contribution is 1.18. The third kappa shape index (κ3) is 4.46. The maximum atomic E-state index is 13.9. The van der Waals surface area contributed by atoms with Gasteiger partial charge in [0, 0.05) is 54.5 Å². The first-order valence-electron chi connectivity index (χ1n) is 20.1. The maximum absolute atomic E-state index is 13.9. The van der Waals surface area contributed by atoms with E-state index in [1.807, 2.05) is 28.7 Å². The average Bonchev–Trinajstić information content (AvgIpc) is 3.94. The quantitative estimate of drug-likeness (QED) is 0.165. The Morgan fingerprint density at radius 2 is 0.814 bits per heavy atom. The fourth-order valence-corrected chi connectivity index (χ4v) is 10.0. The van der Waals surface area contributed by atoms with Crippen LogP contribution in [0, 0.1) is 0 Å². The molecule has 0 bridgehead atoms. The summed E-state index contributed by atoms with van der Waals surface area (Å²) in [6, 6.07) is 71.5. The third-order valence-corrected chi connectivity index (χ3v) is 12.6. The highest BCUT2D eigenvalue weighted by Crippen LogP contribution is 2.42. The van der Waals surface area contributed by atoms with E-state index in [1.54, 1.807) is 0 Å². The molecule has 0 fully saturated rings. The predicted octanol–water partition coefficient (Wildman–Crippen LogP) is 13.7. The van der Waals surface area contributed by atoms with Crippen molar-refractivity contribution in [2.24, 2.45) is 0 Å². The lowest BCUT2D eigenvalue weighted by atomic mass is 9.97. The standard InChI is InChI=1S/C55H33N3O/c59-55-43-18-5-4-15-40(43)46-32-36(33-47-42-17-7-10-22-49(42)58(55)54(46)47)34-25-28-38(29-26-34)56-48-21-9-6-16-41(48)45-31-35(27-30-51(45)56)39-20-12-24-52-53(39)44-19-8-11-23-50(44)57(52)37-13-2-1-3-14-37/h1-33H. The van der Waals surface area contributed by atoms with Crippen LogP contribution in [0.3, 0.4) is 0 Å². The zero-order chi connectivity index (χ0) is 38.8. The molecule has 0 amide bonds. The molecule has 0 N–H and O–H groups in total. The first-order chi connectivity index (χ1) is 29.2. The molecular weight excluding hydrogens is 719 g/mol. The third-order valence-electron chi connectivity index (χ3n) is 12.6. The van der Waals surface area contributed by atoms with Gasteiger partial charge in [-0.1, -0.05) is 121 Å². The smallest absolute Gasteiger partial charge is 0.263 e. The second-order valence-electron chi connectivity index (χ2n) is 15.6. The van der Waals surface area contributed by atoms with E-state index < -0.39 is 0 Å². The van der Waals surface area contributed by atoms with Gasteiger partial charge in [-0.15, -0.1) is 0 Å². The SMILES string of the molecule is O=c1c2ccccc2c2cc(-c3ccc(-n4c5ccccc5c5cc(-c6cccc7c6c6ccccc6n7-c6ccccc6)ccc54)cc3)cc3c4ccccc4n1c23. The van der Waals surface area contributed by atoms with Gasteiger partial charge in [0.25, 0.3) is 5.56 Å². The van der Waals surface area contributed by atoms with E-state index in [1.165, 1.54) is 54.7 Å². The van der Waals surface area contributed by atoms with Crippen LogP contribution in [0.1, 0.15) is 0 Å². The molecule has 4 aromatic heterocycles. The van der Waals surface area contributed by atoms with E-state index in [4.69, 9.17) is 0 Å². The molecule has 4 nitrogen and oxygen atoms in total. The molecule has 4 heterocycles. The van der Waals surface area contributed by atoms with Gasteiger partial charge in [0.05, 0.1) is 33.1 Å². The summed E-state index contributed by atoms with van der Waals surface area (Å²) in [5.41, 5.74) is 13.6. The molecule has 13 aromatic rings. The Kier molecular flexibility index (Phi) is 6.56. The van der Waals surface area contributed by atoms with Gasteiger partial charge in [0.15, 0.2) is 0 Å². The van der Waals surface area contributed by atoms with Crippen LogP contribution in [0.5, 0.6) is 0 Å². The van der Waals surface area contributed by atoms with Gasteiger partial charge < -0.3 is 9.13 Å². The Morgan fingerprint density at radius 1 is 0.305 bits per heavy atom. The van der Waals surface area contributed by atoms with Crippen LogP contribution in [0.4, 0.5) is 0 Å². The normalized spacial score (nSPS) is 12.1. The second-order valence-corrected chi connectivity index (χ2v) is 15.6. The summed E-state index contributed by atoms with van der Waals surface area (Å²) in [7, 11) is 0. The Bertz CT molecular complexity index is 3910. The van der Waals surface area contributed by atoms with Crippen LogP contribution < -0.4 is 5.56 Å². The predicted molar refractivity (Wildman–Crippen MR) is 247 cm³/mol. The first-order valence-corrected chi connectivity index (χ1v) is 20.1. The van der Waals surface area contributed by atoms with E-state index in [9.17, 15) is 4.79 Å². The van der Waals surface area contributed by atoms with Gasteiger partial charge in [0.2, 0.25) is 0 Å². The lowest BCUT2D eigenvalue weighted by Crippen LogP contribution is -2.12. The van der Waals surface area contributed by atoms with Gasteiger partial charge in [-0.2, -0.15) is 0 Å². The number of rotatable bonds is 4. The number of nitrogens with zero attached hydrogens (tertiary/aromatic N) is 3. The van der Waals surface area contributed by atoms with E-state index in [0.29, 0.717) is 0 Å². The molecule has 0 aliphatic heterocycles. The Labute approximate surface area is 338 Å². The zero-order valence-corrected chi connectivity index (χ0v) is 31.8. The van der Waals surface area contributed by atoms with Gasteiger partial charge >= 0.3 is 0 Å². The fourth-order valence-electron chi connectivity index (χ4n) is 10.0. The monoisotopic (exact) mass is 751 g/mol. The minimum Gasteiger partial charge on any atom is -0.309 e. The van der Waals surface area contributed by atoms with E-state index in [0.717, 1.165) is 60.5 Å². The molecule has 4 heteroatoms. The molecule has 0 radical (unpaired) electrons. The van der Waals surface area contributed by atoms with Crippen molar-refractivity contribution < 1.29 is 0 Å². The Morgan fingerprint density at radius 3 is 1.58 bits per heavy atom. The zero-order valence-electron chi connectivity index (χ0n) is 31.8. The topological polar surface area (TPSA) is 31.3 Å². The summed E-state index contributed by atoms with van der Waals surface area (Å²) in [5, 5.41) is 9.95. The van der Waals surface area contributed by atoms with Gasteiger partial charge in [0.1, 0.15) is 0 Å². The number of fused-ring (bicyclic) bond motifs is 11. The molecule has 0 aliphatic carbocycles. The van der Waals surface area contributed by atoms with Crippen LogP contribution in [0.2, 0.25) is 0 Å². The van der Waals surface area contributed by atoms with Gasteiger partial charge in [-0.05, 0) is 107 Å². The van der Waals surface area contributed by atoms with Crippen LogP contribution >= 0.6 is 0 Å². The van der Waals surface area contributed by atoms with Crippen molar-refractivity contribution >= 4 is 81.6 Å². The van der Waals surface area contributed by atoms with Crippen LogP contribution in [0.15, 0.2) is 205 Å². The van der Waals surface area contributed by atoms with E-state index in [2.05, 4.69) is 185 Å². The van der Waals surface area contributed by atoms with Crippen molar-refractivity contribution in [3.8, 4) is 33.6 Å². The molecule has 13 rings (SSSR count). The highest BCUT2D eigenvalue weighted by atomic mass is 16.1.